The van der Waals surface area contributed by atoms with E-state index in [-0.39, 0.29) is 5.38 Å². The molecule has 1 unspecified atom stereocenters. The molecule has 0 saturated carbocycles. The standard InChI is InChI=1S/C13H7Br4Cl/c14-7-2-4-11(16)10(5-7)13(18)9-3-1-8(15)6-12(9)17/h1-6,13H. The minimum atomic E-state index is -0.209. The van der Waals surface area contributed by atoms with Gasteiger partial charge in [-0.05, 0) is 41.5 Å². The zero-order valence-corrected chi connectivity index (χ0v) is 16.0. The van der Waals surface area contributed by atoms with E-state index in [2.05, 4.69) is 63.7 Å². The summed E-state index contributed by atoms with van der Waals surface area (Å²) in [6.07, 6.45) is 0. The molecule has 0 fully saturated rings. The average molecular weight is 518 g/mol. The maximum atomic E-state index is 6.57. The second-order valence-electron chi connectivity index (χ2n) is 3.69. The van der Waals surface area contributed by atoms with Crippen molar-refractivity contribution in [3.8, 4) is 0 Å². The van der Waals surface area contributed by atoms with Crippen molar-refractivity contribution in [3.63, 3.8) is 0 Å². The first-order valence-corrected chi connectivity index (χ1v) is 8.64. The van der Waals surface area contributed by atoms with E-state index in [1.165, 1.54) is 0 Å². The summed E-state index contributed by atoms with van der Waals surface area (Å²) in [7, 11) is 0. The molecule has 0 spiro atoms. The van der Waals surface area contributed by atoms with Crippen molar-refractivity contribution >= 4 is 75.3 Å². The fourth-order valence-electron chi connectivity index (χ4n) is 1.58. The van der Waals surface area contributed by atoms with Crippen molar-refractivity contribution in [3.05, 3.63) is 65.4 Å². The topological polar surface area (TPSA) is 0 Å². The largest absolute Gasteiger partial charge is 0.113 e. The third kappa shape index (κ3) is 3.40. The van der Waals surface area contributed by atoms with Gasteiger partial charge in [0.1, 0.15) is 0 Å². The van der Waals surface area contributed by atoms with Crippen LogP contribution in [0.25, 0.3) is 0 Å². The average Bonchev–Trinajstić information content (AvgIpc) is 2.31. The molecule has 0 aliphatic rings. The van der Waals surface area contributed by atoms with Crippen molar-refractivity contribution in [1.82, 2.24) is 0 Å². The third-order valence-electron chi connectivity index (χ3n) is 2.47. The summed E-state index contributed by atoms with van der Waals surface area (Å²) in [6, 6.07) is 12.0. The summed E-state index contributed by atoms with van der Waals surface area (Å²) < 4.78 is 4.03. The van der Waals surface area contributed by atoms with Gasteiger partial charge in [0.25, 0.3) is 0 Å². The predicted octanol–water partition coefficient (Wildman–Crippen LogP) is 7.06. The van der Waals surface area contributed by atoms with Crippen LogP contribution in [0, 0.1) is 0 Å². The molecule has 0 saturated heterocycles. The van der Waals surface area contributed by atoms with Crippen LogP contribution in [0.15, 0.2) is 54.3 Å². The van der Waals surface area contributed by atoms with Crippen LogP contribution < -0.4 is 0 Å². The van der Waals surface area contributed by atoms with E-state index in [4.69, 9.17) is 11.6 Å². The smallest absolute Gasteiger partial charge is 0.0857 e. The van der Waals surface area contributed by atoms with Gasteiger partial charge >= 0.3 is 0 Å². The number of hydrogen-bond acceptors (Lipinski definition) is 0. The molecule has 0 radical (unpaired) electrons. The Morgan fingerprint density at radius 2 is 1.33 bits per heavy atom. The minimum absolute atomic E-state index is 0.209. The zero-order chi connectivity index (χ0) is 13.3. The van der Waals surface area contributed by atoms with Gasteiger partial charge in [-0.1, -0.05) is 69.8 Å². The monoisotopic (exact) mass is 514 g/mol. The molecule has 5 heteroatoms. The molecule has 0 aromatic heterocycles. The SMILES string of the molecule is ClC(c1ccc(Br)cc1Br)c1cc(Br)ccc1Br. The van der Waals surface area contributed by atoms with E-state index in [1.54, 1.807) is 0 Å². The van der Waals surface area contributed by atoms with Gasteiger partial charge in [-0.25, -0.2) is 0 Å². The highest BCUT2D eigenvalue weighted by molar-refractivity contribution is 9.11. The molecule has 1 atom stereocenters. The van der Waals surface area contributed by atoms with Crippen molar-refractivity contribution in [1.29, 1.82) is 0 Å². The highest BCUT2D eigenvalue weighted by Gasteiger charge is 2.17. The molecule has 0 aliphatic heterocycles. The molecule has 0 amide bonds. The van der Waals surface area contributed by atoms with Gasteiger partial charge in [0, 0.05) is 17.9 Å². The van der Waals surface area contributed by atoms with Crippen LogP contribution in [0.4, 0.5) is 0 Å². The van der Waals surface area contributed by atoms with Gasteiger partial charge < -0.3 is 0 Å². The van der Waals surface area contributed by atoms with Crippen molar-refractivity contribution in [2.75, 3.05) is 0 Å². The summed E-state index contributed by atoms with van der Waals surface area (Å²) in [5, 5.41) is -0.209. The fraction of sp³-hybridized carbons (Fsp3) is 0.0769. The molecule has 0 heterocycles. The van der Waals surface area contributed by atoms with Crippen LogP contribution in [0.1, 0.15) is 16.5 Å². The second-order valence-corrected chi connectivity index (χ2v) is 7.67. The quantitative estimate of drug-likeness (QED) is 0.374. The lowest BCUT2D eigenvalue weighted by molar-refractivity contribution is 1.11. The highest BCUT2D eigenvalue weighted by atomic mass is 79.9. The van der Waals surface area contributed by atoms with Gasteiger partial charge in [-0.2, -0.15) is 0 Å². The molecule has 18 heavy (non-hydrogen) atoms. The van der Waals surface area contributed by atoms with Gasteiger partial charge in [-0.15, -0.1) is 11.6 Å². The van der Waals surface area contributed by atoms with Crippen LogP contribution in [-0.2, 0) is 0 Å². The van der Waals surface area contributed by atoms with E-state index >= 15 is 0 Å². The number of rotatable bonds is 2. The number of hydrogen-bond donors (Lipinski definition) is 0. The first-order valence-electron chi connectivity index (χ1n) is 5.03. The summed E-state index contributed by atoms with van der Waals surface area (Å²) in [5.41, 5.74) is 2.08. The van der Waals surface area contributed by atoms with Crippen LogP contribution in [0.5, 0.6) is 0 Å². The molecule has 94 valence electrons. The highest BCUT2D eigenvalue weighted by Crippen LogP contribution is 2.39. The molecule has 2 rings (SSSR count). The number of benzene rings is 2. The Balaban J connectivity index is 2.47. The van der Waals surface area contributed by atoms with E-state index in [0.717, 1.165) is 29.0 Å². The van der Waals surface area contributed by atoms with Crippen LogP contribution in [0.2, 0.25) is 0 Å². The summed E-state index contributed by atoms with van der Waals surface area (Å²) in [5.74, 6) is 0. The first kappa shape index (κ1) is 15.0. The number of halogens is 5. The first-order chi connectivity index (χ1) is 8.49. The predicted molar refractivity (Wildman–Crippen MR) is 91.4 cm³/mol. The summed E-state index contributed by atoms with van der Waals surface area (Å²) in [6.45, 7) is 0. The maximum Gasteiger partial charge on any atom is 0.0857 e. The normalized spacial score (nSPS) is 12.5. The Kier molecular flexibility index (Phi) is 5.35. The lowest BCUT2D eigenvalue weighted by atomic mass is 10.0. The third-order valence-corrected chi connectivity index (χ3v) is 5.33. The lowest BCUT2D eigenvalue weighted by Crippen LogP contribution is -1.96. The molecule has 0 N–H and O–H groups in total. The summed E-state index contributed by atoms with van der Waals surface area (Å²) >= 11 is 20.6. The molecular weight excluding hydrogens is 511 g/mol. The van der Waals surface area contributed by atoms with Crippen molar-refractivity contribution in [2.24, 2.45) is 0 Å². The van der Waals surface area contributed by atoms with Gasteiger partial charge in [0.2, 0.25) is 0 Å². The maximum absolute atomic E-state index is 6.57. The second kappa shape index (κ2) is 6.40. The Morgan fingerprint density at radius 3 is 2.00 bits per heavy atom. The van der Waals surface area contributed by atoms with Gasteiger partial charge in [0.15, 0.2) is 0 Å². The van der Waals surface area contributed by atoms with Gasteiger partial charge in [-0.3, -0.25) is 0 Å². The zero-order valence-electron chi connectivity index (χ0n) is 8.93. The Bertz CT molecular complexity index is 583. The molecule has 0 nitrogen and oxygen atoms in total. The Morgan fingerprint density at radius 1 is 0.722 bits per heavy atom. The molecule has 2 aromatic carbocycles. The van der Waals surface area contributed by atoms with E-state index < -0.39 is 0 Å². The Hall–Kier alpha value is 0.650. The Labute approximate surface area is 145 Å². The van der Waals surface area contributed by atoms with Crippen LogP contribution in [-0.4, -0.2) is 0 Å². The summed E-state index contributed by atoms with van der Waals surface area (Å²) in [4.78, 5) is 0. The number of alkyl halides is 1. The van der Waals surface area contributed by atoms with Crippen molar-refractivity contribution < 1.29 is 0 Å². The molecule has 2 aromatic rings. The van der Waals surface area contributed by atoms with E-state index in [0.29, 0.717) is 0 Å². The minimum Gasteiger partial charge on any atom is -0.113 e. The molecule has 0 aliphatic carbocycles. The lowest BCUT2D eigenvalue weighted by Gasteiger charge is -2.14. The molecule has 0 bridgehead atoms. The van der Waals surface area contributed by atoms with Gasteiger partial charge in [0.05, 0.1) is 5.38 Å². The van der Waals surface area contributed by atoms with Crippen molar-refractivity contribution in [2.45, 2.75) is 5.38 Å². The van der Waals surface area contributed by atoms with E-state index in [9.17, 15) is 0 Å². The molecular formula is C13H7Br4Cl. The van der Waals surface area contributed by atoms with Crippen LogP contribution in [0.3, 0.4) is 0 Å². The van der Waals surface area contributed by atoms with Crippen LogP contribution >= 0.6 is 75.3 Å². The fourth-order valence-corrected chi connectivity index (χ4v) is 4.35. The van der Waals surface area contributed by atoms with E-state index in [1.807, 2.05) is 36.4 Å².